The van der Waals surface area contributed by atoms with E-state index in [-0.39, 0.29) is 6.42 Å². The second-order valence-corrected chi connectivity index (χ2v) is 3.57. The predicted octanol–water partition coefficient (Wildman–Crippen LogP) is 0.145. The van der Waals surface area contributed by atoms with Gasteiger partial charge < -0.3 is 15.3 Å². The molecule has 0 amide bonds. The van der Waals surface area contributed by atoms with Gasteiger partial charge >= 0.3 is 5.97 Å². The Labute approximate surface area is 78.9 Å². The number of likely N-dealkylation sites (N-methyl/N-ethyl adjacent to an activating group) is 1. The van der Waals surface area contributed by atoms with Crippen molar-refractivity contribution >= 4 is 5.97 Å². The first-order valence-corrected chi connectivity index (χ1v) is 4.84. The van der Waals surface area contributed by atoms with Crippen LogP contribution in [0.1, 0.15) is 19.3 Å². The molecule has 1 atom stereocenters. The summed E-state index contributed by atoms with van der Waals surface area (Å²) in [4.78, 5) is 12.6. The van der Waals surface area contributed by atoms with Crippen molar-refractivity contribution < 1.29 is 9.90 Å². The maximum absolute atomic E-state index is 10.4. The normalized spacial score (nSPS) is 24.5. The molecule has 0 aliphatic carbocycles. The second kappa shape index (κ2) is 5.19. The van der Waals surface area contributed by atoms with E-state index in [0.29, 0.717) is 12.6 Å². The first-order valence-electron chi connectivity index (χ1n) is 4.84. The maximum Gasteiger partial charge on any atom is 0.304 e. The molecule has 1 aliphatic rings. The Kier molecular flexibility index (Phi) is 4.18. The summed E-state index contributed by atoms with van der Waals surface area (Å²) in [6.45, 7) is 2.72. The van der Waals surface area contributed by atoms with Crippen LogP contribution in [0.2, 0.25) is 0 Å². The monoisotopic (exact) mass is 186 g/mol. The van der Waals surface area contributed by atoms with Crippen LogP contribution in [0, 0.1) is 0 Å². The molecule has 4 nitrogen and oxygen atoms in total. The predicted molar refractivity (Wildman–Crippen MR) is 50.8 cm³/mol. The highest BCUT2D eigenvalue weighted by molar-refractivity contribution is 5.66. The van der Waals surface area contributed by atoms with Crippen LogP contribution in [0.3, 0.4) is 0 Å². The number of piperidine rings is 1. The van der Waals surface area contributed by atoms with Gasteiger partial charge in [-0.3, -0.25) is 4.79 Å². The zero-order chi connectivity index (χ0) is 9.68. The molecule has 1 heterocycles. The molecular weight excluding hydrogens is 168 g/mol. The maximum atomic E-state index is 10.4. The number of carboxylic acids is 1. The highest BCUT2D eigenvalue weighted by Crippen LogP contribution is 2.09. The van der Waals surface area contributed by atoms with Gasteiger partial charge in [0.1, 0.15) is 0 Å². The number of aliphatic carboxylic acids is 1. The number of carboxylic acid groups (broad SMARTS) is 1. The average molecular weight is 186 g/mol. The first kappa shape index (κ1) is 10.5. The molecule has 0 bridgehead atoms. The van der Waals surface area contributed by atoms with Crippen molar-refractivity contribution in [3.05, 3.63) is 0 Å². The average Bonchev–Trinajstić information content (AvgIpc) is 2.15. The van der Waals surface area contributed by atoms with Gasteiger partial charge in [-0.25, -0.2) is 0 Å². The highest BCUT2D eigenvalue weighted by atomic mass is 16.4. The summed E-state index contributed by atoms with van der Waals surface area (Å²) in [6.07, 6.45) is 2.64. The molecule has 1 unspecified atom stereocenters. The summed E-state index contributed by atoms with van der Waals surface area (Å²) in [6, 6.07) is 0.544. The molecule has 0 aromatic carbocycles. The lowest BCUT2D eigenvalue weighted by Gasteiger charge is -2.32. The van der Waals surface area contributed by atoms with Crippen molar-refractivity contribution in [3.63, 3.8) is 0 Å². The Morgan fingerprint density at radius 2 is 2.46 bits per heavy atom. The minimum Gasteiger partial charge on any atom is -0.481 e. The van der Waals surface area contributed by atoms with Gasteiger partial charge in [0.25, 0.3) is 0 Å². The number of likely N-dealkylation sites (tertiary alicyclic amines) is 1. The van der Waals surface area contributed by atoms with E-state index in [9.17, 15) is 4.79 Å². The third-order valence-corrected chi connectivity index (χ3v) is 2.56. The van der Waals surface area contributed by atoms with Gasteiger partial charge in [-0.2, -0.15) is 0 Å². The van der Waals surface area contributed by atoms with Gasteiger partial charge in [0.15, 0.2) is 0 Å². The van der Waals surface area contributed by atoms with Crippen LogP contribution in [0.5, 0.6) is 0 Å². The summed E-state index contributed by atoms with van der Waals surface area (Å²) in [5.74, 6) is -0.702. The Morgan fingerprint density at radius 1 is 1.69 bits per heavy atom. The molecule has 2 N–H and O–H groups in total. The van der Waals surface area contributed by atoms with Crippen molar-refractivity contribution in [2.24, 2.45) is 0 Å². The number of carbonyl (C=O) groups is 1. The van der Waals surface area contributed by atoms with Crippen molar-refractivity contribution in [3.8, 4) is 0 Å². The Bertz CT molecular complexity index is 173. The van der Waals surface area contributed by atoms with Crippen molar-refractivity contribution in [2.75, 3.05) is 26.7 Å². The molecular formula is C9H18N2O2. The summed E-state index contributed by atoms with van der Waals surface area (Å²) in [5.41, 5.74) is 0. The third kappa shape index (κ3) is 3.74. The number of hydrogen-bond acceptors (Lipinski definition) is 3. The molecule has 1 saturated heterocycles. The van der Waals surface area contributed by atoms with Crippen LogP contribution >= 0.6 is 0 Å². The smallest absolute Gasteiger partial charge is 0.304 e. The number of rotatable bonds is 4. The van der Waals surface area contributed by atoms with Gasteiger partial charge in [0.05, 0.1) is 6.42 Å². The Morgan fingerprint density at radius 3 is 3.08 bits per heavy atom. The summed E-state index contributed by atoms with van der Waals surface area (Å²) < 4.78 is 0. The molecule has 76 valence electrons. The fraction of sp³-hybridized carbons (Fsp3) is 0.889. The summed E-state index contributed by atoms with van der Waals surface area (Å²) in [5, 5.41) is 11.8. The highest BCUT2D eigenvalue weighted by Gasteiger charge is 2.18. The van der Waals surface area contributed by atoms with Gasteiger partial charge in [-0.15, -0.1) is 0 Å². The molecule has 1 fully saturated rings. The van der Waals surface area contributed by atoms with E-state index < -0.39 is 5.97 Å². The fourth-order valence-electron chi connectivity index (χ4n) is 1.75. The van der Waals surface area contributed by atoms with E-state index in [4.69, 9.17) is 5.11 Å². The topological polar surface area (TPSA) is 52.6 Å². The number of hydrogen-bond donors (Lipinski definition) is 2. The Hall–Kier alpha value is -0.610. The van der Waals surface area contributed by atoms with Crippen molar-refractivity contribution in [1.82, 2.24) is 10.2 Å². The van der Waals surface area contributed by atoms with Crippen LogP contribution in [-0.4, -0.2) is 48.7 Å². The second-order valence-electron chi connectivity index (χ2n) is 3.57. The van der Waals surface area contributed by atoms with Crippen LogP contribution in [0.15, 0.2) is 0 Å². The summed E-state index contributed by atoms with van der Waals surface area (Å²) >= 11 is 0. The van der Waals surface area contributed by atoms with Crippen LogP contribution < -0.4 is 5.32 Å². The third-order valence-electron chi connectivity index (χ3n) is 2.56. The van der Waals surface area contributed by atoms with Crippen LogP contribution in [0.25, 0.3) is 0 Å². The van der Waals surface area contributed by atoms with Gasteiger partial charge in [0, 0.05) is 19.1 Å². The zero-order valence-corrected chi connectivity index (χ0v) is 8.12. The van der Waals surface area contributed by atoms with Crippen LogP contribution in [0.4, 0.5) is 0 Å². The van der Waals surface area contributed by atoms with E-state index in [1.54, 1.807) is 0 Å². The summed E-state index contributed by atoms with van der Waals surface area (Å²) in [7, 11) is 1.96. The van der Waals surface area contributed by atoms with Crippen molar-refractivity contribution in [1.29, 1.82) is 0 Å². The molecule has 0 radical (unpaired) electrons. The SMILES string of the molecule is CNC1CCCN(CCC(=O)O)C1. The fourth-order valence-corrected chi connectivity index (χ4v) is 1.75. The minimum absolute atomic E-state index is 0.260. The first-order chi connectivity index (χ1) is 6.22. The lowest BCUT2D eigenvalue weighted by molar-refractivity contribution is -0.137. The standard InChI is InChI=1S/C9H18N2O2/c1-10-8-3-2-5-11(7-8)6-4-9(12)13/h8,10H,2-7H2,1H3,(H,12,13). The minimum atomic E-state index is -0.702. The lowest BCUT2D eigenvalue weighted by atomic mass is 10.1. The molecule has 0 aromatic heterocycles. The van der Waals surface area contributed by atoms with E-state index in [0.717, 1.165) is 13.1 Å². The molecule has 13 heavy (non-hydrogen) atoms. The Balaban J connectivity index is 2.21. The van der Waals surface area contributed by atoms with E-state index in [1.807, 2.05) is 7.05 Å². The molecule has 0 saturated carbocycles. The number of nitrogens with zero attached hydrogens (tertiary/aromatic N) is 1. The van der Waals surface area contributed by atoms with E-state index in [2.05, 4.69) is 10.2 Å². The largest absolute Gasteiger partial charge is 0.481 e. The quantitative estimate of drug-likeness (QED) is 0.656. The van der Waals surface area contributed by atoms with Crippen molar-refractivity contribution in [2.45, 2.75) is 25.3 Å². The molecule has 4 heteroatoms. The molecule has 1 aliphatic heterocycles. The molecule has 0 spiro atoms. The van der Waals surface area contributed by atoms with E-state index >= 15 is 0 Å². The van der Waals surface area contributed by atoms with E-state index in [1.165, 1.54) is 12.8 Å². The van der Waals surface area contributed by atoms with Gasteiger partial charge in [-0.05, 0) is 26.4 Å². The lowest BCUT2D eigenvalue weighted by Crippen LogP contribution is -2.44. The van der Waals surface area contributed by atoms with Crippen LogP contribution in [-0.2, 0) is 4.79 Å². The zero-order valence-electron chi connectivity index (χ0n) is 8.12. The number of nitrogens with one attached hydrogen (secondary N) is 1. The molecule has 1 rings (SSSR count). The van der Waals surface area contributed by atoms with Gasteiger partial charge in [0.2, 0.25) is 0 Å². The van der Waals surface area contributed by atoms with Gasteiger partial charge in [-0.1, -0.05) is 0 Å². The molecule has 0 aromatic rings.